The number of hydrogen-bond acceptors (Lipinski definition) is 7. The minimum absolute atomic E-state index is 0.0779. The van der Waals surface area contributed by atoms with Crippen molar-refractivity contribution < 1.29 is 22.4 Å². The van der Waals surface area contributed by atoms with Crippen molar-refractivity contribution in [2.24, 2.45) is 11.3 Å². The van der Waals surface area contributed by atoms with E-state index in [9.17, 15) is 22.4 Å². The first kappa shape index (κ1) is 30.4. The Kier molecular flexibility index (Phi) is 9.63. The van der Waals surface area contributed by atoms with Crippen LogP contribution in [-0.4, -0.2) is 60.0 Å². The number of amides is 1. The molecule has 216 valence electrons. The van der Waals surface area contributed by atoms with Crippen molar-refractivity contribution in [1.82, 2.24) is 20.2 Å². The van der Waals surface area contributed by atoms with Crippen LogP contribution in [0.1, 0.15) is 52.5 Å². The van der Waals surface area contributed by atoms with Gasteiger partial charge in [0.25, 0.3) is 0 Å². The van der Waals surface area contributed by atoms with Crippen LogP contribution >= 0.6 is 0 Å². The lowest BCUT2D eigenvalue weighted by Gasteiger charge is -2.29. The van der Waals surface area contributed by atoms with Gasteiger partial charge in [-0.3, -0.25) is 4.79 Å². The van der Waals surface area contributed by atoms with Gasteiger partial charge in [0, 0.05) is 37.1 Å². The van der Waals surface area contributed by atoms with Gasteiger partial charge in [0.1, 0.15) is 17.2 Å². The molecule has 0 radical (unpaired) electrons. The van der Waals surface area contributed by atoms with Gasteiger partial charge < -0.3 is 26.2 Å². The second-order valence-corrected chi connectivity index (χ2v) is 11.5. The predicted molar refractivity (Wildman–Crippen MR) is 146 cm³/mol. The minimum atomic E-state index is -4.70. The Balaban J connectivity index is 1.77. The predicted octanol–water partition coefficient (Wildman–Crippen LogP) is 5.48. The van der Waals surface area contributed by atoms with Gasteiger partial charge >= 0.3 is 6.18 Å². The zero-order valence-corrected chi connectivity index (χ0v) is 23.3. The van der Waals surface area contributed by atoms with Gasteiger partial charge in [-0.1, -0.05) is 20.3 Å². The van der Waals surface area contributed by atoms with Crippen LogP contribution < -0.4 is 21.3 Å². The van der Waals surface area contributed by atoms with Gasteiger partial charge in [0.2, 0.25) is 11.9 Å². The number of nitrogens with one attached hydrogen (secondary N) is 4. The Labute approximate surface area is 227 Å². The quantitative estimate of drug-likeness (QED) is 0.274. The number of carbonyl (C=O) groups is 1. The van der Waals surface area contributed by atoms with Crippen molar-refractivity contribution in [3.05, 3.63) is 35.8 Å². The standard InChI is InChI=1S/C27H39F4N7O/c1-16(2)34-24(39)18-8-7-9-21(18)36-23-19(27(29,30)31)13-32-25(37-23)35-17-10-11-22(20(28)12-17)33-14-26(3,4)15-38(5)6/h10-13,16,18,21,33H,7-9,14-15H2,1-6H3,(H,34,39)(H2,32,35,36,37). The number of carbonyl (C=O) groups excluding carboxylic acids is 1. The van der Waals surface area contributed by atoms with Gasteiger partial charge in [-0.25, -0.2) is 9.37 Å². The molecule has 1 aromatic heterocycles. The molecule has 1 aliphatic rings. The van der Waals surface area contributed by atoms with E-state index >= 15 is 0 Å². The highest BCUT2D eigenvalue weighted by Crippen LogP contribution is 2.37. The molecule has 0 bridgehead atoms. The summed E-state index contributed by atoms with van der Waals surface area (Å²) in [6.45, 7) is 9.17. The monoisotopic (exact) mass is 553 g/mol. The first-order valence-corrected chi connectivity index (χ1v) is 13.1. The summed E-state index contributed by atoms with van der Waals surface area (Å²) in [4.78, 5) is 22.5. The molecule has 3 rings (SSSR count). The van der Waals surface area contributed by atoms with Crippen molar-refractivity contribution >= 4 is 29.0 Å². The summed E-state index contributed by atoms with van der Waals surface area (Å²) >= 11 is 0. The van der Waals surface area contributed by atoms with Gasteiger partial charge in [-0.05, 0) is 64.4 Å². The van der Waals surface area contributed by atoms with Gasteiger partial charge in [0.15, 0.2) is 0 Å². The SMILES string of the molecule is CC(C)NC(=O)C1CCCC1Nc1nc(Nc2ccc(NCC(C)(C)CN(C)C)c(F)c2)ncc1C(F)(F)F. The van der Waals surface area contributed by atoms with Crippen LogP contribution in [-0.2, 0) is 11.0 Å². The highest BCUT2D eigenvalue weighted by Gasteiger charge is 2.39. The van der Waals surface area contributed by atoms with Crippen molar-refractivity contribution in [3.8, 4) is 0 Å². The summed E-state index contributed by atoms with van der Waals surface area (Å²) in [5, 5.41) is 11.6. The number of hydrogen-bond donors (Lipinski definition) is 4. The number of aromatic nitrogens is 2. The maximum absolute atomic E-state index is 14.8. The van der Waals surface area contributed by atoms with Gasteiger partial charge in [0.05, 0.1) is 11.6 Å². The van der Waals surface area contributed by atoms with E-state index in [1.54, 1.807) is 12.1 Å². The molecule has 1 aliphatic carbocycles. The zero-order valence-electron chi connectivity index (χ0n) is 23.3. The van der Waals surface area contributed by atoms with Crippen LogP contribution in [0.5, 0.6) is 0 Å². The molecule has 1 aromatic carbocycles. The smallest absolute Gasteiger partial charge is 0.382 e. The molecule has 2 atom stereocenters. The largest absolute Gasteiger partial charge is 0.421 e. The summed E-state index contributed by atoms with van der Waals surface area (Å²) in [5.41, 5.74) is -0.534. The number of anilines is 4. The fraction of sp³-hybridized carbons (Fsp3) is 0.593. The van der Waals surface area contributed by atoms with Crippen LogP contribution in [0.25, 0.3) is 0 Å². The molecule has 1 saturated carbocycles. The summed E-state index contributed by atoms with van der Waals surface area (Å²) < 4.78 is 56.1. The van der Waals surface area contributed by atoms with Crippen LogP contribution in [0.2, 0.25) is 0 Å². The van der Waals surface area contributed by atoms with E-state index in [0.717, 1.165) is 6.54 Å². The summed E-state index contributed by atoms with van der Waals surface area (Å²) in [6, 6.07) is 3.81. The Morgan fingerprint density at radius 3 is 2.51 bits per heavy atom. The minimum Gasteiger partial charge on any atom is -0.382 e. The van der Waals surface area contributed by atoms with Crippen LogP contribution in [0.15, 0.2) is 24.4 Å². The molecule has 8 nitrogen and oxygen atoms in total. The number of nitrogens with zero attached hydrogens (tertiary/aromatic N) is 3. The van der Waals surface area contributed by atoms with Crippen molar-refractivity contribution in [3.63, 3.8) is 0 Å². The third-order valence-electron chi connectivity index (χ3n) is 6.43. The van der Waals surface area contributed by atoms with E-state index in [4.69, 9.17) is 0 Å². The topological polar surface area (TPSA) is 94.2 Å². The zero-order chi connectivity index (χ0) is 29.0. The number of alkyl halides is 3. The molecule has 12 heteroatoms. The Bertz CT molecular complexity index is 1140. The normalized spacial score (nSPS) is 17.9. The van der Waals surface area contributed by atoms with Gasteiger partial charge in [-0.15, -0.1) is 0 Å². The molecule has 4 N–H and O–H groups in total. The number of rotatable bonds is 11. The second-order valence-electron chi connectivity index (χ2n) is 11.5. The molecule has 2 unspecified atom stereocenters. The van der Waals surface area contributed by atoms with E-state index in [2.05, 4.69) is 50.0 Å². The first-order chi connectivity index (χ1) is 18.1. The fourth-order valence-corrected chi connectivity index (χ4v) is 4.89. The van der Waals surface area contributed by atoms with E-state index in [1.165, 1.54) is 6.07 Å². The molecular weight excluding hydrogens is 514 g/mol. The average Bonchev–Trinajstić information content (AvgIpc) is 3.25. The summed E-state index contributed by atoms with van der Waals surface area (Å²) in [5.74, 6) is -1.74. The Morgan fingerprint density at radius 2 is 1.90 bits per heavy atom. The highest BCUT2D eigenvalue weighted by atomic mass is 19.4. The maximum Gasteiger partial charge on any atom is 0.421 e. The third-order valence-corrected chi connectivity index (χ3v) is 6.43. The lowest BCUT2D eigenvalue weighted by atomic mass is 9.93. The van der Waals surface area contributed by atoms with Crippen LogP contribution in [0.3, 0.4) is 0 Å². The van der Waals surface area contributed by atoms with Crippen LogP contribution in [0.4, 0.5) is 40.7 Å². The third kappa shape index (κ3) is 8.67. The second kappa shape index (κ2) is 12.4. The van der Waals surface area contributed by atoms with E-state index in [0.29, 0.717) is 37.7 Å². The maximum atomic E-state index is 14.8. The van der Waals surface area contributed by atoms with Crippen molar-refractivity contribution in [2.75, 3.05) is 43.1 Å². The van der Waals surface area contributed by atoms with E-state index in [1.807, 2.05) is 27.9 Å². The molecule has 0 spiro atoms. The fourth-order valence-electron chi connectivity index (χ4n) is 4.89. The Morgan fingerprint density at radius 1 is 1.18 bits per heavy atom. The lowest BCUT2D eigenvalue weighted by Crippen LogP contribution is -2.41. The summed E-state index contributed by atoms with van der Waals surface area (Å²) in [6.07, 6.45) is -2.20. The average molecular weight is 554 g/mol. The number of benzene rings is 1. The van der Waals surface area contributed by atoms with Crippen molar-refractivity contribution in [2.45, 2.75) is 65.2 Å². The molecule has 1 heterocycles. The molecule has 2 aromatic rings. The van der Waals surface area contributed by atoms with Gasteiger partial charge in [-0.2, -0.15) is 18.2 Å². The molecule has 1 fully saturated rings. The molecular formula is C27H39F4N7O. The molecule has 0 saturated heterocycles. The number of halogens is 4. The Hall–Kier alpha value is -3.15. The summed E-state index contributed by atoms with van der Waals surface area (Å²) in [7, 11) is 3.95. The van der Waals surface area contributed by atoms with E-state index < -0.39 is 35.3 Å². The lowest BCUT2D eigenvalue weighted by molar-refractivity contribution is -0.137. The molecule has 1 amide bonds. The molecule has 39 heavy (non-hydrogen) atoms. The highest BCUT2D eigenvalue weighted by molar-refractivity contribution is 5.80. The van der Waals surface area contributed by atoms with Crippen molar-refractivity contribution in [1.29, 1.82) is 0 Å². The first-order valence-electron chi connectivity index (χ1n) is 13.1. The molecule has 0 aliphatic heterocycles. The van der Waals surface area contributed by atoms with E-state index in [-0.39, 0.29) is 29.0 Å². The van der Waals surface area contributed by atoms with Crippen LogP contribution in [0, 0.1) is 17.2 Å².